The Labute approximate surface area is 248 Å². The zero-order chi connectivity index (χ0) is 29.1. The quantitative estimate of drug-likeness (QED) is 0.290. The van der Waals surface area contributed by atoms with E-state index >= 15 is 0 Å². The Morgan fingerprint density at radius 2 is 1.83 bits per heavy atom. The molecule has 1 N–H and O–H groups in total. The number of imidazole rings is 2. The van der Waals surface area contributed by atoms with Crippen LogP contribution in [0.1, 0.15) is 73.9 Å². The van der Waals surface area contributed by atoms with Crippen LogP contribution in [-0.4, -0.2) is 66.6 Å². The van der Waals surface area contributed by atoms with E-state index in [0.29, 0.717) is 49.6 Å². The predicted octanol–water partition coefficient (Wildman–Crippen LogP) is 6.30. The summed E-state index contributed by atoms with van der Waals surface area (Å²) in [4.78, 5) is 43.8. The standard InChI is InChI=1S/C31H35BrN6O3/c1-18(2)19-6-8-20(9-7-19)28-35-23-12-13-36(30(40)41-31(3,4)5)16-24-27(23)38(28)15-14-37(24)29(39)21-10-11-22(32)26-25(21)33-17-34-26/h6-11,17-18,24H,12-16H2,1-5H3,(H,33,34)/t24-/m1/s1. The van der Waals surface area contributed by atoms with Gasteiger partial charge in [0.05, 0.1) is 41.4 Å². The van der Waals surface area contributed by atoms with Crippen LogP contribution in [0.3, 0.4) is 0 Å². The second-order valence-electron chi connectivity index (χ2n) is 12.1. The lowest BCUT2D eigenvalue weighted by Crippen LogP contribution is -2.48. The number of nitrogens with zero attached hydrogens (tertiary/aromatic N) is 5. The average molecular weight is 620 g/mol. The van der Waals surface area contributed by atoms with E-state index in [4.69, 9.17) is 9.72 Å². The van der Waals surface area contributed by atoms with Gasteiger partial charge in [0.1, 0.15) is 16.9 Å². The van der Waals surface area contributed by atoms with Crippen LogP contribution in [0.4, 0.5) is 4.79 Å². The van der Waals surface area contributed by atoms with Crippen molar-refractivity contribution in [2.45, 2.75) is 65.1 Å². The first-order valence-corrected chi connectivity index (χ1v) is 14.9. The number of halogens is 1. The molecule has 4 aromatic rings. The number of H-pyrrole nitrogens is 1. The van der Waals surface area contributed by atoms with Gasteiger partial charge in [-0.25, -0.2) is 14.8 Å². The molecule has 0 spiro atoms. The molecule has 2 aliphatic rings. The molecule has 0 saturated heterocycles. The smallest absolute Gasteiger partial charge is 0.410 e. The first-order chi connectivity index (χ1) is 19.5. The van der Waals surface area contributed by atoms with E-state index in [0.717, 1.165) is 32.8 Å². The van der Waals surface area contributed by atoms with Gasteiger partial charge in [-0.1, -0.05) is 38.1 Å². The summed E-state index contributed by atoms with van der Waals surface area (Å²) in [6.07, 6.45) is 1.80. The summed E-state index contributed by atoms with van der Waals surface area (Å²) in [7, 11) is 0. The van der Waals surface area contributed by atoms with Gasteiger partial charge in [0.15, 0.2) is 0 Å². The monoisotopic (exact) mass is 618 g/mol. The summed E-state index contributed by atoms with van der Waals surface area (Å²) in [5.74, 6) is 1.24. The maximum Gasteiger partial charge on any atom is 0.410 e. The fraction of sp³-hybridized carbons (Fsp3) is 0.419. The summed E-state index contributed by atoms with van der Waals surface area (Å²) in [6, 6.07) is 11.9. The summed E-state index contributed by atoms with van der Waals surface area (Å²) in [6.45, 7) is 11.8. The van der Waals surface area contributed by atoms with Crippen LogP contribution in [0.25, 0.3) is 22.4 Å². The summed E-state index contributed by atoms with van der Waals surface area (Å²) < 4.78 is 8.85. The highest BCUT2D eigenvalue weighted by molar-refractivity contribution is 9.10. The summed E-state index contributed by atoms with van der Waals surface area (Å²) in [5, 5.41) is 0. The number of rotatable bonds is 3. The van der Waals surface area contributed by atoms with Gasteiger partial charge in [-0.2, -0.15) is 0 Å². The molecule has 0 unspecified atom stereocenters. The lowest BCUT2D eigenvalue weighted by molar-refractivity contribution is 0.0174. The number of fused-ring (bicyclic) bond motifs is 1. The highest BCUT2D eigenvalue weighted by atomic mass is 79.9. The van der Waals surface area contributed by atoms with E-state index in [1.807, 2.05) is 37.8 Å². The first-order valence-electron chi connectivity index (χ1n) is 14.1. The van der Waals surface area contributed by atoms with Gasteiger partial charge in [0, 0.05) is 36.1 Å². The van der Waals surface area contributed by atoms with Crippen molar-refractivity contribution in [2.24, 2.45) is 0 Å². The Bertz CT molecular complexity index is 1630. The lowest BCUT2D eigenvalue weighted by atomic mass is 10.0. The molecule has 6 rings (SSSR count). The van der Waals surface area contributed by atoms with Crippen LogP contribution in [0.15, 0.2) is 47.2 Å². The van der Waals surface area contributed by atoms with Gasteiger partial charge >= 0.3 is 6.09 Å². The van der Waals surface area contributed by atoms with Crippen LogP contribution < -0.4 is 0 Å². The Morgan fingerprint density at radius 3 is 2.54 bits per heavy atom. The molecular formula is C31H35BrN6O3. The van der Waals surface area contributed by atoms with Gasteiger partial charge in [-0.05, 0) is 60.3 Å². The van der Waals surface area contributed by atoms with Crippen LogP contribution in [0.2, 0.25) is 0 Å². The van der Waals surface area contributed by atoms with Crippen molar-refractivity contribution in [2.75, 3.05) is 19.6 Å². The lowest BCUT2D eigenvalue weighted by Gasteiger charge is -2.39. The Balaban J connectivity index is 1.42. The topological polar surface area (TPSA) is 96.4 Å². The first kappa shape index (κ1) is 27.5. The number of carbonyl (C=O) groups is 2. The fourth-order valence-electron chi connectivity index (χ4n) is 5.83. The van der Waals surface area contributed by atoms with E-state index in [2.05, 4.69) is 68.6 Å². The highest BCUT2D eigenvalue weighted by Gasteiger charge is 2.41. The molecule has 4 heterocycles. The van der Waals surface area contributed by atoms with Gasteiger partial charge in [0.2, 0.25) is 0 Å². The maximum absolute atomic E-state index is 14.2. The number of aromatic amines is 1. The van der Waals surface area contributed by atoms with E-state index in [1.54, 1.807) is 11.2 Å². The van der Waals surface area contributed by atoms with E-state index < -0.39 is 5.60 Å². The number of aromatic nitrogens is 4. The molecule has 2 aliphatic heterocycles. The normalized spacial score (nSPS) is 17.1. The van der Waals surface area contributed by atoms with E-state index in [-0.39, 0.29) is 18.0 Å². The van der Waals surface area contributed by atoms with Gasteiger partial charge in [0.25, 0.3) is 5.91 Å². The third-order valence-electron chi connectivity index (χ3n) is 7.86. The second-order valence-corrected chi connectivity index (χ2v) is 13.0. The van der Waals surface area contributed by atoms with Crippen molar-refractivity contribution < 1.29 is 14.3 Å². The summed E-state index contributed by atoms with van der Waals surface area (Å²) >= 11 is 3.55. The highest BCUT2D eigenvalue weighted by Crippen LogP contribution is 2.38. The minimum atomic E-state index is -0.621. The molecule has 0 bridgehead atoms. The minimum Gasteiger partial charge on any atom is -0.444 e. The number of amides is 2. The predicted molar refractivity (Wildman–Crippen MR) is 161 cm³/mol. The van der Waals surface area contributed by atoms with E-state index in [9.17, 15) is 9.59 Å². The zero-order valence-corrected chi connectivity index (χ0v) is 25.7. The van der Waals surface area contributed by atoms with Crippen molar-refractivity contribution in [3.8, 4) is 11.4 Å². The Kier molecular flexibility index (Phi) is 6.92. The molecular weight excluding hydrogens is 584 g/mol. The number of ether oxygens (including phenoxy) is 1. The molecule has 41 heavy (non-hydrogen) atoms. The number of hydrogen-bond donors (Lipinski definition) is 1. The molecule has 0 aliphatic carbocycles. The summed E-state index contributed by atoms with van der Waals surface area (Å²) in [5.41, 5.74) is 5.55. The molecule has 214 valence electrons. The third kappa shape index (κ3) is 5.03. The molecule has 0 radical (unpaired) electrons. The number of benzene rings is 2. The third-order valence-corrected chi connectivity index (χ3v) is 8.52. The average Bonchev–Trinajstić information content (AvgIpc) is 3.51. The number of carbonyl (C=O) groups excluding carboxylic acids is 2. The largest absolute Gasteiger partial charge is 0.444 e. The van der Waals surface area contributed by atoms with Crippen LogP contribution in [0, 0.1) is 0 Å². The molecule has 10 heteroatoms. The number of hydrogen-bond acceptors (Lipinski definition) is 5. The molecule has 0 fully saturated rings. The van der Waals surface area contributed by atoms with Gasteiger partial charge in [-0.15, -0.1) is 0 Å². The SMILES string of the molecule is CC(C)c1ccc(-c2nc3c4n2CCN(C(=O)c2ccc(Br)c5[nH]cnc25)[C@@H]4CN(C(=O)OC(C)(C)C)CC3)cc1. The number of nitrogens with one attached hydrogen (secondary N) is 1. The van der Waals surface area contributed by atoms with Crippen LogP contribution in [0.5, 0.6) is 0 Å². The molecule has 2 aromatic carbocycles. The van der Waals surface area contributed by atoms with Crippen molar-refractivity contribution in [3.63, 3.8) is 0 Å². The maximum atomic E-state index is 14.2. The van der Waals surface area contributed by atoms with Crippen molar-refractivity contribution in [1.29, 1.82) is 0 Å². The van der Waals surface area contributed by atoms with E-state index in [1.165, 1.54) is 5.56 Å². The molecule has 1 atom stereocenters. The molecule has 9 nitrogen and oxygen atoms in total. The van der Waals surface area contributed by atoms with Crippen LogP contribution >= 0.6 is 15.9 Å². The zero-order valence-electron chi connectivity index (χ0n) is 24.1. The van der Waals surface area contributed by atoms with Crippen molar-refractivity contribution in [3.05, 3.63) is 69.7 Å². The molecule has 2 aromatic heterocycles. The molecule has 2 amide bonds. The van der Waals surface area contributed by atoms with Crippen molar-refractivity contribution >= 4 is 39.0 Å². The fourth-order valence-corrected chi connectivity index (χ4v) is 6.27. The Morgan fingerprint density at radius 1 is 1.07 bits per heavy atom. The van der Waals surface area contributed by atoms with Gasteiger partial charge < -0.3 is 24.1 Å². The second kappa shape index (κ2) is 10.3. The minimum absolute atomic E-state index is 0.119. The van der Waals surface area contributed by atoms with Crippen molar-refractivity contribution in [1.82, 2.24) is 29.3 Å². The van der Waals surface area contributed by atoms with Gasteiger partial charge in [-0.3, -0.25) is 4.79 Å². The molecule has 0 saturated carbocycles. The van der Waals surface area contributed by atoms with Crippen LogP contribution in [-0.2, 0) is 17.7 Å². The Hall–Kier alpha value is -3.66.